The number of carbonyl (C=O) groups is 2. The molecule has 0 aromatic heterocycles. The molecule has 0 spiro atoms. The predicted molar refractivity (Wildman–Crippen MR) is 56.3 cm³/mol. The fraction of sp³-hybridized carbons (Fsp3) is 0.750. The number of hydrogen-bond donors (Lipinski definition) is 4. The van der Waals surface area contributed by atoms with Crippen LogP contribution < -0.4 is 11.1 Å². The van der Waals surface area contributed by atoms with Crippen molar-refractivity contribution in [2.75, 3.05) is 12.3 Å². The third kappa shape index (κ3) is 6.73. The second-order valence-electron chi connectivity index (χ2n) is 2.95. The second-order valence-corrected chi connectivity index (χ2v) is 3.26. The van der Waals surface area contributed by atoms with Gasteiger partial charge in [-0.25, -0.2) is 0 Å². The maximum Gasteiger partial charge on any atom is 0.320 e. The standard InChI is InChI=1S/C8H16N2O3S/c9-6(8(12)13)3-1-2-4-10-7(11)5-14/h6,14H,1-5,9H2,(H,10,11)(H,12,13)/t6-/m0/s1. The minimum absolute atomic E-state index is 0.115. The first-order valence-electron chi connectivity index (χ1n) is 4.44. The lowest BCUT2D eigenvalue weighted by molar-refractivity contribution is -0.138. The zero-order chi connectivity index (χ0) is 11.0. The number of nitrogens with two attached hydrogens (primary N) is 1. The molecule has 0 aromatic rings. The molecule has 0 rings (SSSR count). The number of nitrogens with one attached hydrogen (secondary N) is 1. The van der Waals surface area contributed by atoms with Crippen LogP contribution in [0.1, 0.15) is 19.3 Å². The quantitative estimate of drug-likeness (QED) is 0.347. The summed E-state index contributed by atoms with van der Waals surface area (Å²) in [6, 6.07) is -0.796. The lowest BCUT2D eigenvalue weighted by Gasteiger charge is -2.06. The van der Waals surface area contributed by atoms with E-state index < -0.39 is 12.0 Å². The highest BCUT2D eigenvalue weighted by Gasteiger charge is 2.09. The van der Waals surface area contributed by atoms with Gasteiger partial charge in [0.05, 0.1) is 5.75 Å². The molecule has 82 valence electrons. The normalized spacial score (nSPS) is 12.1. The maximum absolute atomic E-state index is 10.7. The number of amides is 1. The SMILES string of the molecule is N[C@@H](CCCCNC(=O)CS)C(=O)O. The minimum Gasteiger partial charge on any atom is -0.480 e. The molecule has 1 amide bonds. The van der Waals surface area contributed by atoms with E-state index in [1.807, 2.05) is 0 Å². The summed E-state index contributed by atoms with van der Waals surface area (Å²) in [6.45, 7) is 0.547. The Labute approximate surface area is 88.5 Å². The number of rotatable bonds is 7. The van der Waals surface area contributed by atoms with Crippen LogP contribution in [0.25, 0.3) is 0 Å². The van der Waals surface area contributed by atoms with Crippen LogP contribution >= 0.6 is 12.6 Å². The van der Waals surface area contributed by atoms with Crippen LogP contribution in [-0.4, -0.2) is 35.3 Å². The van der Waals surface area contributed by atoms with Crippen LogP contribution in [0.5, 0.6) is 0 Å². The van der Waals surface area contributed by atoms with Crippen molar-refractivity contribution in [3.05, 3.63) is 0 Å². The Morgan fingerprint density at radius 2 is 2.07 bits per heavy atom. The third-order valence-corrected chi connectivity index (χ3v) is 2.01. The molecule has 5 nitrogen and oxygen atoms in total. The fourth-order valence-corrected chi connectivity index (χ4v) is 1.01. The zero-order valence-corrected chi connectivity index (χ0v) is 8.80. The number of carboxylic acid groups (broad SMARTS) is 1. The monoisotopic (exact) mass is 220 g/mol. The highest BCUT2D eigenvalue weighted by Crippen LogP contribution is 1.98. The average molecular weight is 220 g/mol. The number of thiol groups is 1. The Bertz CT molecular complexity index is 199. The van der Waals surface area contributed by atoms with Crippen molar-refractivity contribution in [2.24, 2.45) is 5.73 Å². The van der Waals surface area contributed by atoms with E-state index in [2.05, 4.69) is 17.9 Å². The first-order chi connectivity index (χ1) is 6.57. The Morgan fingerprint density at radius 1 is 1.43 bits per heavy atom. The molecular formula is C8H16N2O3S. The Balaban J connectivity index is 3.30. The average Bonchev–Trinajstić information content (AvgIpc) is 2.16. The van der Waals surface area contributed by atoms with Crippen molar-refractivity contribution in [3.8, 4) is 0 Å². The van der Waals surface area contributed by atoms with Gasteiger partial charge in [0.25, 0.3) is 0 Å². The molecule has 0 radical (unpaired) electrons. The summed E-state index contributed by atoms with van der Waals surface area (Å²) in [5.41, 5.74) is 5.29. The summed E-state index contributed by atoms with van der Waals surface area (Å²) in [7, 11) is 0. The zero-order valence-electron chi connectivity index (χ0n) is 7.90. The van der Waals surface area contributed by atoms with Gasteiger partial charge < -0.3 is 16.2 Å². The third-order valence-electron chi connectivity index (χ3n) is 1.72. The molecule has 0 saturated carbocycles. The minimum atomic E-state index is -0.982. The maximum atomic E-state index is 10.7. The van der Waals surface area contributed by atoms with Crippen LogP contribution in [0.4, 0.5) is 0 Å². The predicted octanol–water partition coefficient (Wildman–Crippen LogP) is -0.385. The molecular weight excluding hydrogens is 204 g/mol. The molecule has 1 atom stereocenters. The number of hydrogen-bond acceptors (Lipinski definition) is 4. The van der Waals surface area contributed by atoms with E-state index >= 15 is 0 Å². The van der Waals surface area contributed by atoms with E-state index in [0.717, 1.165) is 6.42 Å². The Morgan fingerprint density at radius 3 is 2.57 bits per heavy atom. The first kappa shape index (κ1) is 13.2. The molecule has 14 heavy (non-hydrogen) atoms. The van der Waals surface area contributed by atoms with Crippen LogP contribution in [0.3, 0.4) is 0 Å². The number of carboxylic acids is 1. The highest BCUT2D eigenvalue weighted by atomic mass is 32.1. The van der Waals surface area contributed by atoms with Crippen LogP contribution in [0.2, 0.25) is 0 Å². The fourth-order valence-electron chi connectivity index (χ4n) is 0.896. The second kappa shape index (κ2) is 7.64. The van der Waals surface area contributed by atoms with E-state index in [1.54, 1.807) is 0 Å². The lowest BCUT2D eigenvalue weighted by atomic mass is 10.1. The molecule has 4 N–H and O–H groups in total. The van der Waals surface area contributed by atoms with Gasteiger partial charge in [-0.2, -0.15) is 12.6 Å². The summed E-state index contributed by atoms with van der Waals surface area (Å²) in [5.74, 6) is -0.922. The highest BCUT2D eigenvalue weighted by molar-refractivity contribution is 7.81. The summed E-state index contributed by atoms with van der Waals surface area (Å²) < 4.78 is 0. The molecule has 0 fully saturated rings. The van der Waals surface area contributed by atoms with Crippen molar-refractivity contribution >= 4 is 24.5 Å². The molecule has 0 aliphatic carbocycles. The largest absolute Gasteiger partial charge is 0.480 e. The van der Waals surface area contributed by atoms with Crippen LogP contribution in [-0.2, 0) is 9.59 Å². The van der Waals surface area contributed by atoms with Gasteiger partial charge in [-0.1, -0.05) is 0 Å². The van der Waals surface area contributed by atoms with Gasteiger partial charge in [-0.3, -0.25) is 9.59 Å². The molecule has 0 aromatic carbocycles. The first-order valence-corrected chi connectivity index (χ1v) is 5.07. The Hall–Kier alpha value is -0.750. The molecule has 0 heterocycles. The Kier molecular flexibility index (Phi) is 7.23. The van der Waals surface area contributed by atoms with Crippen molar-refractivity contribution in [2.45, 2.75) is 25.3 Å². The topological polar surface area (TPSA) is 92.4 Å². The number of unbranched alkanes of at least 4 members (excludes halogenated alkanes) is 1. The van der Waals surface area contributed by atoms with Crippen molar-refractivity contribution in [1.29, 1.82) is 0 Å². The summed E-state index contributed by atoms with van der Waals surface area (Å²) >= 11 is 3.79. The van der Waals surface area contributed by atoms with Gasteiger partial charge in [0, 0.05) is 6.54 Å². The molecule has 0 aliphatic heterocycles. The van der Waals surface area contributed by atoms with Crippen LogP contribution in [0.15, 0.2) is 0 Å². The van der Waals surface area contributed by atoms with Gasteiger partial charge in [-0.05, 0) is 19.3 Å². The molecule has 0 aliphatic rings. The van der Waals surface area contributed by atoms with Crippen molar-refractivity contribution < 1.29 is 14.7 Å². The molecule has 6 heteroatoms. The van der Waals surface area contributed by atoms with E-state index in [-0.39, 0.29) is 11.7 Å². The van der Waals surface area contributed by atoms with E-state index in [4.69, 9.17) is 10.8 Å². The van der Waals surface area contributed by atoms with E-state index in [9.17, 15) is 9.59 Å². The van der Waals surface area contributed by atoms with Gasteiger partial charge in [-0.15, -0.1) is 0 Å². The smallest absolute Gasteiger partial charge is 0.320 e. The van der Waals surface area contributed by atoms with Crippen molar-refractivity contribution in [3.63, 3.8) is 0 Å². The van der Waals surface area contributed by atoms with E-state index in [0.29, 0.717) is 19.4 Å². The summed E-state index contributed by atoms with van der Waals surface area (Å²) in [5, 5.41) is 11.1. The van der Waals surface area contributed by atoms with Gasteiger partial charge in [0.1, 0.15) is 6.04 Å². The lowest BCUT2D eigenvalue weighted by Crippen LogP contribution is -2.30. The molecule has 0 saturated heterocycles. The number of aliphatic carboxylic acids is 1. The molecule has 0 bridgehead atoms. The van der Waals surface area contributed by atoms with Gasteiger partial charge in [0.15, 0.2) is 0 Å². The number of carbonyl (C=O) groups excluding carboxylic acids is 1. The van der Waals surface area contributed by atoms with Crippen LogP contribution in [0, 0.1) is 0 Å². The van der Waals surface area contributed by atoms with E-state index in [1.165, 1.54) is 0 Å². The summed E-state index contributed by atoms with van der Waals surface area (Å²) in [6.07, 6.45) is 1.87. The molecule has 0 unspecified atom stereocenters. The van der Waals surface area contributed by atoms with Crippen molar-refractivity contribution in [1.82, 2.24) is 5.32 Å². The van der Waals surface area contributed by atoms with Gasteiger partial charge in [0.2, 0.25) is 5.91 Å². The van der Waals surface area contributed by atoms with Gasteiger partial charge >= 0.3 is 5.97 Å². The summed E-state index contributed by atoms with van der Waals surface area (Å²) in [4.78, 5) is 21.0.